The highest BCUT2D eigenvalue weighted by atomic mass is 32.2. The van der Waals surface area contributed by atoms with Gasteiger partial charge >= 0.3 is 0 Å². The Bertz CT molecular complexity index is 1310. The number of fused-ring (bicyclic) bond motifs is 1. The monoisotopic (exact) mass is 506 g/mol. The summed E-state index contributed by atoms with van der Waals surface area (Å²) in [5.41, 5.74) is 2.87. The Balaban J connectivity index is 1.31. The van der Waals surface area contributed by atoms with Crippen molar-refractivity contribution in [1.29, 1.82) is 0 Å². The third kappa shape index (κ3) is 5.32. The third-order valence-electron chi connectivity index (χ3n) is 6.56. The summed E-state index contributed by atoms with van der Waals surface area (Å²) in [6.07, 6.45) is -0.984. The average Bonchev–Trinajstić information content (AvgIpc) is 2.89. The number of nitrogens with zero attached hydrogens (tertiary/aromatic N) is 3. The highest BCUT2D eigenvalue weighted by Gasteiger charge is 2.36. The predicted octanol–water partition coefficient (Wildman–Crippen LogP) is 3.17. The summed E-state index contributed by atoms with van der Waals surface area (Å²) in [6, 6.07) is 23.6. The normalized spacial score (nSPS) is 18.3. The van der Waals surface area contributed by atoms with Crippen LogP contribution in [-0.4, -0.2) is 65.1 Å². The fourth-order valence-corrected chi connectivity index (χ4v) is 6.09. The molecule has 0 bridgehead atoms. The second kappa shape index (κ2) is 10.2. The van der Waals surface area contributed by atoms with E-state index in [2.05, 4.69) is 22.2 Å². The van der Waals surface area contributed by atoms with E-state index in [1.54, 1.807) is 36.4 Å². The molecule has 0 radical (unpaired) electrons. The van der Waals surface area contributed by atoms with Crippen LogP contribution in [0.15, 0.2) is 78.9 Å². The molecule has 1 fully saturated rings. The van der Waals surface area contributed by atoms with Gasteiger partial charge in [0.25, 0.3) is 5.91 Å². The number of carbonyl (C=O) groups is 1. The Kier molecular flexibility index (Phi) is 6.84. The van der Waals surface area contributed by atoms with Gasteiger partial charge in [-0.3, -0.25) is 9.10 Å². The average molecular weight is 507 g/mol. The lowest BCUT2D eigenvalue weighted by Gasteiger charge is -2.35. The number of sulfonamides is 1. The number of hydrogen-bond donors (Lipinski definition) is 1. The Labute approximate surface area is 212 Å². The van der Waals surface area contributed by atoms with Crippen LogP contribution in [-0.2, 0) is 20.6 Å². The van der Waals surface area contributed by atoms with Gasteiger partial charge in [0.05, 0.1) is 18.0 Å². The zero-order valence-electron chi connectivity index (χ0n) is 20.2. The highest BCUT2D eigenvalue weighted by Crippen LogP contribution is 2.36. The van der Waals surface area contributed by atoms with Gasteiger partial charge in [-0.1, -0.05) is 42.5 Å². The van der Waals surface area contributed by atoms with Crippen molar-refractivity contribution in [2.45, 2.75) is 11.9 Å². The Hall–Kier alpha value is -3.56. The summed E-state index contributed by atoms with van der Waals surface area (Å²) in [5, 5.41) is 2.89. The van der Waals surface area contributed by atoms with E-state index in [4.69, 9.17) is 4.74 Å². The topological polar surface area (TPSA) is 82.2 Å². The number of rotatable bonds is 6. The summed E-state index contributed by atoms with van der Waals surface area (Å²) in [6.45, 7) is 3.86. The summed E-state index contributed by atoms with van der Waals surface area (Å²) in [5.74, 6) is -0.188. The van der Waals surface area contributed by atoms with E-state index in [0.717, 1.165) is 31.9 Å². The molecule has 2 heterocycles. The quantitative estimate of drug-likeness (QED) is 0.553. The van der Waals surface area contributed by atoms with Crippen LogP contribution in [0, 0.1) is 0 Å². The van der Waals surface area contributed by atoms with Crippen LogP contribution in [0.5, 0.6) is 5.75 Å². The van der Waals surface area contributed by atoms with Gasteiger partial charge in [0.2, 0.25) is 10.0 Å². The van der Waals surface area contributed by atoms with Gasteiger partial charge in [-0.2, -0.15) is 0 Å². The first-order valence-corrected chi connectivity index (χ1v) is 13.6. The fraction of sp³-hybridized carbons (Fsp3) is 0.296. The number of carbonyl (C=O) groups excluding carboxylic acids is 1. The molecule has 1 amide bonds. The van der Waals surface area contributed by atoms with Crippen molar-refractivity contribution >= 4 is 33.0 Å². The van der Waals surface area contributed by atoms with Crippen LogP contribution in [0.1, 0.15) is 5.56 Å². The lowest BCUT2D eigenvalue weighted by atomic mass is 10.2. The molecule has 0 saturated carbocycles. The molecule has 2 aliphatic heterocycles. The van der Waals surface area contributed by atoms with E-state index in [1.807, 2.05) is 42.5 Å². The number of likely N-dealkylation sites (N-methyl/N-ethyl adjacent to an activating group) is 1. The first-order valence-electron chi connectivity index (χ1n) is 12.0. The van der Waals surface area contributed by atoms with Gasteiger partial charge in [0, 0.05) is 37.6 Å². The smallest absolute Gasteiger partial charge is 0.267 e. The SMILES string of the molecule is CN1CCN(c2ccc(NC(=O)C3CN(S(=O)(=O)Cc4ccccc4)c4ccccc4O3)cc2)CC1. The fourth-order valence-electron chi connectivity index (χ4n) is 4.51. The van der Waals surface area contributed by atoms with E-state index in [9.17, 15) is 13.2 Å². The number of anilines is 3. The van der Waals surface area contributed by atoms with Crippen molar-refractivity contribution in [2.75, 3.05) is 54.3 Å². The molecule has 1 saturated heterocycles. The molecule has 0 aromatic heterocycles. The number of benzene rings is 3. The maximum absolute atomic E-state index is 13.4. The maximum Gasteiger partial charge on any atom is 0.267 e. The molecule has 9 heteroatoms. The van der Waals surface area contributed by atoms with Crippen molar-refractivity contribution in [2.24, 2.45) is 0 Å². The minimum Gasteiger partial charge on any atom is -0.476 e. The molecular formula is C27H30N4O4S. The predicted molar refractivity (Wildman–Crippen MR) is 142 cm³/mol. The number of hydrogen-bond acceptors (Lipinski definition) is 6. The number of para-hydroxylation sites is 2. The minimum absolute atomic E-state index is 0.0998. The molecular weight excluding hydrogens is 476 g/mol. The lowest BCUT2D eigenvalue weighted by Crippen LogP contribution is -2.49. The summed E-state index contributed by atoms with van der Waals surface area (Å²) in [4.78, 5) is 17.8. The summed E-state index contributed by atoms with van der Waals surface area (Å²) in [7, 11) is -1.63. The molecule has 2 aliphatic rings. The molecule has 0 spiro atoms. The Morgan fingerprint density at radius 1 is 0.917 bits per heavy atom. The molecule has 1 unspecified atom stereocenters. The maximum atomic E-state index is 13.4. The zero-order chi connectivity index (χ0) is 25.1. The van der Waals surface area contributed by atoms with Gasteiger partial charge in [0.1, 0.15) is 5.75 Å². The van der Waals surface area contributed by atoms with Crippen LogP contribution in [0.2, 0.25) is 0 Å². The summed E-state index contributed by atoms with van der Waals surface area (Å²) < 4.78 is 34.0. The van der Waals surface area contributed by atoms with E-state index in [-0.39, 0.29) is 12.3 Å². The Morgan fingerprint density at radius 2 is 1.58 bits per heavy atom. The van der Waals surface area contributed by atoms with Crippen molar-refractivity contribution in [3.63, 3.8) is 0 Å². The van der Waals surface area contributed by atoms with Crippen LogP contribution < -0.4 is 19.3 Å². The molecule has 1 atom stereocenters. The van der Waals surface area contributed by atoms with Gasteiger partial charge in [-0.25, -0.2) is 8.42 Å². The first-order chi connectivity index (χ1) is 17.4. The first kappa shape index (κ1) is 24.1. The largest absolute Gasteiger partial charge is 0.476 e. The molecule has 0 aliphatic carbocycles. The number of ether oxygens (including phenoxy) is 1. The van der Waals surface area contributed by atoms with E-state index < -0.39 is 22.0 Å². The van der Waals surface area contributed by atoms with Crippen LogP contribution in [0.3, 0.4) is 0 Å². The van der Waals surface area contributed by atoms with Crippen LogP contribution >= 0.6 is 0 Å². The lowest BCUT2D eigenvalue weighted by molar-refractivity contribution is -0.122. The van der Waals surface area contributed by atoms with Crippen molar-refractivity contribution < 1.29 is 17.9 Å². The Morgan fingerprint density at radius 3 is 2.31 bits per heavy atom. The van der Waals surface area contributed by atoms with Crippen molar-refractivity contribution in [3.8, 4) is 5.75 Å². The third-order valence-corrected chi connectivity index (χ3v) is 8.27. The van der Waals surface area contributed by atoms with Crippen molar-refractivity contribution in [1.82, 2.24) is 4.90 Å². The van der Waals surface area contributed by atoms with E-state index >= 15 is 0 Å². The van der Waals surface area contributed by atoms with E-state index in [0.29, 0.717) is 22.7 Å². The molecule has 188 valence electrons. The molecule has 5 rings (SSSR count). The number of amides is 1. The highest BCUT2D eigenvalue weighted by molar-refractivity contribution is 7.92. The standard InChI is InChI=1S/C27H30N4O4S/c1-29-15-17-30(18-16-29)23-13-11-22(12-14-23)28-27(32)26-19-31(24-9-5-6-10-25(24)35-26)36(33,34)20-21-7-3-2-4-8-21/h2-14,26H,15-20H2,1H3,(H,28,32). The second-order valence-electron chi connectivity index (χ2n) is 9.17. The molecule has 3 aromatic carbocycles. The zero-order valence-corrected chi connectivity index (χ0v) is 21.0. The van der Waals surface area contributed by atoms with Crippen LogP contribution in [0.25, 0.3) is 0 Å². The van der Waals surface area contributed by atoms with Crippen molar-refractivity contribution in [3.05, 3.63) is 84.4 Å². The van der Waals surface area contributed by atoms with Crippen LogP contribution in [0.4, 0.5) is 17.1 Å². The number of nitrogens with one attached hydrogen (secondary N) is 1. The van der Waals surface area contributed by atoms with Gasteiger partial charge in [0.15, 0.2) is 6.10 Å². The van der Waals surface area contributed by atoms with E-state index in [1.165, 1.54) is 4.31 Å². The number of piperazine rings is 1. The van der Waals surface area contributed by atoms with Gasteiger partial charge in [-0.05, 0) is 49.0 Å². The second-order valence-corrected chi connectivity index (χ2v) is 11.1. The van der Waals surface area contributed by atoms with Gasteiger partial charge in [-0.15, -0.1) is 0 Å². The molecule has 1 N–H and O–H groups in total. The summed E-state index contributed by atoms with van der Waals surface area (Å²) >= 11 is 0. The van der Waals surface area contributed by atoms with Gasteiger partial charge < -0.3 is 19.9 Å². The minimum atomic E-state index is -3.75. The molecule has 8 nitrogen and oxygen atoms in total. The molecule has 36 heavy (non-hydrogen) atoms. The molecule has 3 aromatic rings.